The topological polar surface area (TPSA) is 140 Å². The van der Waals surface area contributed by atoms with Crippen LogP contribution in [0.15, 0.2) is 35.3 Å². The highest BCUT2D eigenvalue weighted by Gasteiger charge is 2.44. The molecule has 9 nitrogen and oxygen atoms in total. The van der Waals surface area contributed by atoms with Gasteiger partial charge in [0, 0.05) is 11.8 Å². The van der Waals surface area contributed by atoms with Crippen LogP contribution in [0.25, 0.3) is 22.4 Å². The molecule has 4 atom stereocenters. The van der Waals surface area contributed by atoms with Crippen LogP contribution >= 0.6 is 0 Å². The molecule has 4 rings (SSSR count). The van der Waals surface area contributed by atoms with Crippen molar-refractivity contribution in [3.8, 4) is 11.3 Å². The van der Waals surface area contributed by atoms with E-state index in [2.05, 4.69) is 9.97 Å². The number of hydrogen-bond donors (Lipinski definition) is 4. The first-order valence-corrected chi connectivity index (χ1v) is 7.39. The fourth-order valence-electron chi connectivity index (χ4n) is 3.03. The zero-order valence-corrected chi connectivity index (χ0v) is 12.5. The lowest BCUT2D eigenvalue weighted by molar-refractivity contribution is -0.0508. The number of nitrogens with zero attached hydrogens (tertiary/aromatic N) is 3. The second kappa shape index (κ2) is 5.56. The summed E-state index contributed by atoms with van der Waals surface area (Å²) in [5, 5.41) is 30.1. The number of aromatic nitrogens is 3. The Hall–Kier alpha value is -2.46. The van der Waals surface area contributed by atoms with Crippen LogP contribution in [0.4, 0.5) is 5.82 Å². The largest absolute Gasteiger partial charge is 0.464 e. The smallest absolute Gasteiger partial charge is 0.164 e. The fraction of sp³-hybridized carbons (Fsp3) is 0.333. The standard InChI is InChI=1S/C15H16N4O5/c16-13-10-7(8-2-1-3-23-8)4-19(14(10)18-6-17-13)15-12(22)11(21)9(5-20)24-15/h1-4,6,9,11-12,15,20-22H,5H2,(H2,16,17,18)/t9-,11?,12+,15-/m1/s1. The van der Waals surface area contributed by atoms with Crippen molar-refractivity contribution < 1.29 is 24.5 Å². The van der Waals surface area contributed by atoms with Gasteiger partial charge in [-0.05, 0) is 12.1 Å². The Bertz CT molecular complexity index is 862. The summed E-state index contributed by atoms with van der Waals surface area (Å²) in [4.78, 5) is 8.22. The van der Waals surface area contributed by atoms with Gasteiger partial charge in [0.25, 0.3) is 0 Å². The SMILES string of the molecule is Nc1ncnc2c1c(-c1ccco1)cn2[C@@H]1O[C@H](CO)C(O)[C@@H]1O. The summed E-state index contributed by atoms with van der Waals surface area (Å²) in [6.45, 7) is -0.407. The van der Waals surface area contributed by atoms with Crippen LogP contribution in [0.3, 0.4) is 0 Å². The molecule has 0 radical (unpaired) electrons. The van der Waals surface area contributed by atoms with Crippen LogP contribution in [-0.4, -0.2) is 54.8 Å². The molecule has 3 aromatic rings. The molecule has 1 unspecified atom stereocenters. The zero-order valence-electron chi connectivity index (χ0n) is 12.5. The summed E-state index contributed by atoms with van der Waals surface area (Å²) in [6.07, 6.45) is 0.287. The summed E-state index contributed by atoms with van der Waals surface area (Å²) in [5.41, 5.74) is 7.07. The second-order valence-electron chi connectivity index (χ2n) is 5.61. The minimum Gasteiger partial charge on any atom is -0.464 e. The van der Waals surface area contributed by atoms with Gasteiger partial charge < -0.3 is 34.8 Å². The Labute approximate surface area is 135 Å². The van der Waals surface area contributed by atoms with Crippen LogP contribution in [-0.2, 0) is 4.74 Å². The molecule has 3 aromatic heterocycles. The Kier molecular flexibility index (Phi) is 3.50. The van der Waals surface area contributed by atoms with Gasteiger partial charge >= 0.3 is 0 Å². The molecule has 9 heteroatoms. The van der Waals surface area contributed by atoms with Crippen LogP contribution in [0, 0.1) is 0 Å². The van der Waals surface area contributed by atoms with Crippen molar-refractivity contribution in [2.45, 2.75) is 24.5 Å². The molecule has 0 aromatic carbocycles. The van der Waals surface area contributed by atoms with Gasteiger partial charge in [-0.15, -0.1) is 0 Å². The maximum absolute atomic E-state index is 10.3. The van der Waals surface area contributed by atoms with Gasteiger partial charge in [0.1, 0.15) is 41.9 Å². The van der Waals surface area contributed by atoms with E-state index >= 15 is 0 Å². The molecule has 0 bridgehead atoms. The molecule has 4 heterocycles. The third-order valence-electron chi connectivity index (χ3n) is 4.22. The van der Waals surface area contributed by atoms with Crippen molar-refractivity contribution in [2.24, 2.45) is 0 Å². The van der Waals surface area contributed by atoms with Crippen molar-refractivity contribution in [1.82, 2.24) is 14.5 Å². The highest BCUT2D eigenvalue weighted by Crippen LogP contribution is 2.38. The number of furan rings is 1. The lowest BCUT2D eigenvalue weighted by Gasteiger charge is -2.17. The molecule has 0 saturated carbocycles. The van der Waals surface area contributed by atoms with Crippen molar-refractivity contribution >= 4 is 16.9 Å². The van der Waals surface area contributed by atoms with E-state index < -0.39 is 31.1 Å². The summed E-state index contributed by atoms with van der Waals surface area (Å²) >= 11 is 0. The van der Waals surface area contributed by atoms with Gasteiger partial charge in [-0.2, -0.15) is 0 Å². The normalized spacial score (nSPS) is 27.1. The predicted molar refractivity (Wildman–Crippen MR) is 82.7 cm³/mol. The van der Waals surface area contributed by atoms with Gasteiger partial charge in [-0.3, -0.25) is 0 Å². The first-order chi connectivity index (χ1) is 11.6. The number of ether oxygens (including phenoxy) is 1. The van der Waals surface area contributed by atoms with Crippen LogP contribution in [0.1, 0.15) is 6.23 Å². The van der Waals surface area contributed by atoms with Gasteiger partial charge in [0.05, 0.1) is 18.3 Å². The highest BCUT2D eigenvalue weighted by molar-refractivity contribution is 5.99. The lowest BCUT2D eigenvalue weighted by atomic mass is 10.1. The van der Waals surface area contributed by atoms with E-state index in [1.54, 1.807) is 22.9 Å². The van der Waals surface area contributed by atoms with Gasteiger partial charge in [0.2, 0.25) is 0 Å². The second-order valence-corrected chi connectivity index (χ2v) is 5.61. The maximum Gasteiger partial charge on any atom is 0.164 e. The molecule has 1 saturated heterocycles. The molecule has 0 aliphatic carbocycles. The number of rotatable bonds is 3. The number of fused-ring (bicyclic) bond motifs is 1. The Balaban J connectivity index is 1.90. The number of anilines is 1. The lowest BCUT2D eigenvalue weighted by Crippen LogP contribution is -2.33. The van der Waals surface area contributed by atoms with E-state index in [1.807, 2.05) is 0 Å². The molecular weight excluding hydrogens is 316 g/mol. The van der Waals surface area contributed by atoms with Crippen molar-refractivity contribution in [3.63, 3.8) is 0 Å². The first-order valence-electron chi connectivity index (χ1n) is 7.39. The molecule has 5 N–H and O–H groups in total. The highest BCUT2D eigenvalue weighted by atomic mass is 16.6. The number of aliphatic hydroxyl groups excluding tert-OH is 3. The van der Waals surface area contributed by atoms with E-state index in [4.69, 9.17) is 14.9 Å². The predicted octanol–water partition coefficient (Wildman–Crippen LogP) is -0.115. The van der Waals surface area contributed by atoms with E-state index in [9.17, 15) is 15.3 Å². The monoisotopic (exact) mass is 332 g/mol. The number of hydrogen-bond acceptors (Lipinski definition) is 8. The average Bonchev–Trinajstić information content (AvgIpc) is 3.28. The van der Waals surface area contributed by atoms with Crippen LogP contribution in [0.5, 0.6) is 0 Å². The molecule has 1 aliphatic rings. The Morgan fingerprint density at radius 2 is 2.08 bits per heavy atom. The van der Waals surface area contributed by atoms with Gasteiger partial charge in [-0.25, -0.2) is 9.97 Å². The minimum atomic E-state index is -1.22. The molecule has 24 heavy (non-hydrogen) atoms. The van der Waals surface area contributed by atoms with Crippen molar-refractivity contribution in [1.29, 1.82) is 0 Å². The van der Waals surface area contributed by atoms with Crippen LogP contribution in [0.2, 0.25) is 0 Å². The van der Waals surface area contributed by atoms with Crippen molar-refractivity contribution in [2.75, 3.05) is 12.3 Å². The van der Waals surface area contributed by atoms with E-state index in [0.717, 1.165) is 0 Å². The van der Waals surface area contributed by atoms with Gasteiger partial charge in [0.15, 0.2) is 6.23 Å². The minimum absolute atomic E-state index is 0.261. The summed E-state index contributed by atoms with van der Waals surface area (Å²) in [6, 6.07) is 3.51. The molecular formula is C15H16N4O5. The number of aliphatic hydroxyl groups is 3. The van der Waals surface area contributed by atoms with E-state index in [-0.39, 0.29) is 5.82 Å². The first kappa shape index (κ1) is 15.1. The number of nitrogens with two attached hydrogens (primary N) is 1. The van der Waals surface area contributed by atoms with E-state index in [1.165, 1.54) is 12.6 Å². The van der Waals surface area contributed by atoms with Crippen molar-refractivity contribution in [3.05, 3.63) is 30.9 Å². The summed E-state index contributed by atoms with van der Waals surface area (Å²) in [5.74, 6) is 0.823. The number of nitrogen functional groups attached to an aromatic ring is 1. The fourth-order valence-corrected chi connectivity index (χ4v) is 3.03. The van der Waals surface area contributed by atoms with Crippen LogP contribution < -0.4 is 5.73 Å². The maximum atomic E-state index is 10.3. The quantitative estimate of drug-likeness (QED) is 0.520. The molecule has 0 amide bonds. The average molecular weight is 332 g/mol. The summed E-state index contributed by atoms with van der Waals surface area (Å²) in [7, 11) is 0. The molecule has 1 aliphatic heterocycles. The van der Waals surface area contributed by atoms with Gasteiger partial charge in [-0.1, -0.05) is 0 Å². The summed E-state index contributed by atoms with van der Waals surface area (Å²) < 4.78 is 12.6. The zero-order chi connectivity index (χ0) is 16.8. The Morgan fingerprint density at radius 3 is 2.75 bits per heavy atom. The molecule has 1 fully saturated rings. The third kappa shape index (κ3) is 2.10. The van der Waals surface area contributed by atoms with E-state index in [0.29, 0.717) is 22.4 Å². The third-order valence-corrected chi connectivity index (χ3v) is 4.22. The molecule has 0 spiro atoms. The molecule has 126 valence electrons. The Morgan fingerprint density at radius 1 is 1.25 bits per heavy atom.